The van der Waals surface area contributed by atoms with Crippen LogP contribution in [0.1, 0.15) is 56.0 Å². The van der Waals surface area contributed by atoms with E-state index in [1.54, 1.807) is 11.3 Å². The third kappa shape index (κ3) is 8.64. The van der Waals surface area contributed by atoms with Crippen molar-refractivity contribution in [1.29, 1.82) is 0 Å². The summed E-state index contributed by atoms with van der Waals surface area (Å²) in [6, 6.07) is 5.77. The van der Waals surface area contributed by atoms with E-state index in [1.807, 2.05) is 25.1 Å². The van der Waals surface area contributed by atoms with Crippen molar-refractivity contribution in [2.24, 2.45) is 5.92 Å². The van der Waals surface area contributed by atoms with Crippen molar-refractivity contribution in [2.45, 2.75) is 52.5 Å². The van der Waals surface area contributed by atoms with Crippen LogP contribution >= 0.6 is 34.5 Å². The average molecular weight is 501 g/mol. The van der Waals surface area contributed by atoms with E-state index in [4.69, 9.17) is 32.9 Å². The molecule has 0 aliphatic heterocycles. The maximum Gasteiger partial charge on any atom is 0.307 e. The zero-order valence-corrected chi connectivity index (χ0v) is 22.0. The van der Waals surface area contributed by atoms with Gasteiger partial charge >= 0.3 is 5.97 Å². The summed E-state index contributed by atoms with van der Waals surface area (Å²) < 4.78 is 5.07. The lowest BCUT2D eigenvalue weighted by atomic mass is 10.0. The molecular formula is C24H35Cl2N3O2S. The number of nitrogens with zero attached hydrogens (tertiary/aromatic N) is 2. The molecule has 1 aromatic heterocycles. The van der Waals surface area contributed by atoms with Crippen LogP contribution < -0.4 is 5.32 Å². The minimum Gasteiger partial charge on any atom is -0.466 e. The van der Waals surface area contributed by atoms with Crippen molar-refractivity contribution < 1.29 is 9.53 Å². The van der Waals surface area contributed by atoms with Gasteiger partial charge in [0.2, 0.25) is 0 Å². The molecule has 8 heteroatoms. The summed E-state index contributed by atoms with van der Waals surface area (Å²) in [7, 11) is 4.16. The van der Waals surface area contributed by atoms with Gasteiger partial charge in [-0.25, -0.2) is 4.98 Å². The highest BCUT2D eigenvalue weighted by atomic mass is 35.5. The van der Waals surface area contributed by atoms with Crippen molar-refractivity contribution in [1.82, 2.24) is 15.2 Å². The first-order valence-electron chi connectivity index (χ1n) is 11.2. The van der Waals surface area contributed by atoms with Crippen LogP contribution in [0.4, 0.5) is 0 Å². The Morgan fingerprint density at radius 3 is 2.62 bits per heavy atom. The van der Waals surface area contributed by atoms with Crippen LogP contribution in [0.2, 0.25) is 10.0 Å². The molecule has 0 bridgehead atoms. The minimum atomic E-state index is -0.178. The van der Waals surface area contributed by atoms with Crippen molar-refractivity contribution in [2.75, 3.05) is 33.8 Å². The van der Waals surface area contributed by atoms with E-state index in [-0.39, 0.29) is 12.0 Å². The van der Waals surface area contributed by atoms with Gasteiger partial charge in [0.15, 0.2) is 0 Å². The summed E-state index contributed by atoms with van der Waals surface area (Å²) in [5, 5.41) is 5.66. The van der Waals surface area contributed by atoms with Crippen molar-refractivity contribution in [3.8, 4) is 11.3 Å². The fourth-order valence-corrected chi connectivity index (χ4v) is 5.11. The zero-order valence-electron chi connectivity index (χ0n) is 19.7. The van der Waals surface area contributed by atoms with Crippen LogP contribution in [-0.2, 0) is 16.0 Å². The van der Waals surface area contributed by atoms with E-state index >= 15 is 0 Å². The van der Waals surface area contributed by atoms with Crippen LogP contribution in [0.25, 0.3) is 11.3 Å². The Balaban J connectivity index is 2.29. The number of aromatic nitrogens is 1. The topological polar surface area (TPSA) is 54.5 Å². The molecule has 0 amide bonds. The molecule has 32 heavy (non-hydrogen) atoms. The highest BCUT2D eigenvalue weighted by Crippen LogP contribution is 2.36. The SMILES string of the molecule is CCOC(=O)CCNC(CCCN(C)C)c1nc(-c2ccc(Cl)c(Cl)c2)c(CC(C)C)s1. The van der Waals surface area contributed by atoms with E-state index in [2.05, 4.69) is 38.2 Å². The summed E-state index contributed by atoms with van der Waals surface area (Å²) in [5.74, 6) is 0.331. The number of ether oxygens (including phenoxy) is 1. The second-order valence-electron chi connectivity index (χ2n) is 8.56. The van der Waals surface area contributed by atoms with E-state index in [0.29, 0.717) is 35.5 Å². The molecule has 0 saturated carbocycles. The van der Waals surface area contributed by atoms with Crippen molar-refractivity contribution in [3.05, 3.63) is 38.1 Å². The number of hydrogen-bond donors (Lipinski definition) is 1. The summed E-state index contributed by atoms with van der Waals surface area (Å²) in [6.45, 7) is 8.22. The molecule has 0 fully saturated rings. The van der Waals surface area contributed by atoms with Crippen LogP contribution in [0, 0.1) is 5.92 Å². The maximum atomic E-state index is 11.8. The second kappa shape index (κ2) is 13.5. The predicted octanol–water partition coefficient (Wildman–Crippen LogP) is 6.24. The number of halogens is 2. The summed E-state index contributed by atoms with van der Waals surface area (Å²) in [4.78, 5) is 20.3. The Bertz CT molecular complexity index is 871. The predicted molar refractivity (Wildman–Crippen MR) is 136 cm³/mol. The summed E-state index contributed by atoms with van der Waals surface area (Å²) in [6.07, 6.45) is 3.27. The molecular weight excluding hydrogens is 465 g/mol. The lowest BCUT2D eigenvalue weighted by Crippen LogP contribution is -2.26. The molecule has 1 aromatic carbocycles. The van der Waals surface area contributed by atoms with Gasteiger partial charge < -0.3 is 15.0 Å². The highest BCUT2D eigenvalue weighted by Gasteiger charge is 2.21. The number of carbonyl (C=O) groups excluding carboxylic acids is 1. The van der Waals surface area contributed by atoms with Crippen LogP contribution in [0.15, 0.2) is 18.2 Å². The molecule has 1 unspecified atom stereocenters. The number of benzene rings is 1. The molecule has 0 aliphatic rings. The third-order valence-corrected chi connectivity index (χ3v) is 6.85. The minimum absolute atomic E-state index is 0.0804. The van der Waals surface area contributed by atoms with E-state index < -0.39 is 0 Å². The molecule has 1 N–H and O–H groups in total. The smallest absolute Gasteiger partial charge is 0.307 e. The standard InChI is InChI=1S/C24H35Cl2N3O2S/c1-6-31-22(30)11-12-27-20(8-7-13-29(4)5)24-28-23(21(32-24)14-16(2)3)17-9-10-18(25)19(26)15-17/h9-10,15-16,20,27H,6-8,11-14H2,1-5H3. The van der Waals surface area contributed by atoms with Gasteiger partial charge in [-0.05, 0) is 64.9 Å². The van der Waals surface area contributed by atoms with Crippen molar-refractivity contribution in [3.63, 3.8) is 0 Å². The van der Waals surface area contributed by atoms with Gasteiger partial charge in [0.1, 0.15) is 5.01 Å². The monoisotopic (exact) mass is 499 g/mol. The molecule has 2 aromatic rings. The maximum absolute atomic E-state index is 11.8. The number of carbonyl (C=O) groups is 1. The first-order valence-corrected chi connectivity index (χ1v) is 12.8. The number of nitrogens with one attached hydrogen (secondary N) is 1. The van der Waals surface area contributed by atoms with Gasteiger partial charge in [0, 0.05) is 17.0 Å². The molecule has 5 nitrogen and oxygen atoms in total. The highest BCUT2D eigenvalue weighted by molar-refractivity contribution is 7.12. The number of thiazole rings is 1. The Labute approximate surface area is 206 Å². The van der Waals surface area contributed by atoms with Gasteiger partial charge in [0.05, 0.1) is 34.8 Å². The average Bonchev–Trinajstić information content (AvgIpc) is 3.11. The fraction of sp³-hybridized carbons (Fsp3) is 0.583. The lowest BCUT2D eigenvalue weighted by Gasteiger charge is -2.18. The summed E-state index contributed by atoms with van der Waals surface area (Å²) in [5.41, 5.74) is 1.96. The molecule has 0 spiro atoms. The van der Waals surface area contributed by atoms with Crippen LogP contribution in [0.3, 0.4) is 0 Å². The van der Waals surface area contributed by atoms with Gasteiger partial charge in [-0.3, -0.25) is 4.79 Å². The van der Waals surface area contributed by atoms with Crippen molar-refractivity contribution >= 4 is 40.5 Å². The number of esters is 1. The quantitative estimate of drug-likeness (QED) is 0.330. The zero-order chi connectivity index (χ0) is 23.7. The number of hydrogen-bond acceptors (Lipinski definition) is 6. The van der Waals surface area contributed by atoms with Crippen LogP contribution in [0.5, 0.6) is 0 Å². The fourth-order valence-electron chi connectivity index (χ4n) is 3.40. The first-order chi connectivity index (χ1) is 15.2. The molecule has 0 aliphatic carbocycles. The largest absolute Gasteiger partial charge is 0.466 e. The molecule has 1 atom stereocenters. The number of rotatable bonds is 13. The van der Waals surface area contributed by atoms with Gasteiger partial charge in [-0.15, -0.1) is 11.3 Å². The Morgan fingerprint density at radius 2 is 2.00 bits per heavy atom. The van der Waals surface area contributed by atoms with E-state index in [0.717, 1.165) is 42.1 Å². The Hall–Kier alpha value is -1.18. The van der Waals surface area contributed by atoms with Gasteiger partial charge in [0.25, 0.3) is 0 Å². The molecule has 0 saturated heterocycles. The first kappa shape index (κ1) is 27.1. The van der Waals surface area contributed by atoms with Gasteiger partial charge in [-0.1, -0.05) is 43.1 Å². The van der Waals surface area contributed by atoms with Crippen LogP contribution in [-0.4, -0.2) is 49.6 Å². The Morgan fingerprint density at radius 1 is 1.25 bits per heavy atom. The van der Waals surface area contributed by atoms with E-state index in [9.17, 15) is 4.79 Å². The third-order valence-electron chi connectivity index (χ3n) is 4.92. The molecule has 0 radical (unpaired) electrons. The Kier molecular flexibility index (Phi) is 11.4. The summed E-state index contributed by atoms with van der Waals surface area (Å²) >= 11 is 14.2. The normalized spacial score (nSPS) is 12.5. The van der Waals surface area contributed by atoms with E-state index in [1.165, 1.54) is 4.88 Å². The van der Waals surface area contributed by atoms with Gasteiger partial charge in [-0.2, -0.15) is 0 Å². The second-order valence-corrected chi connectivity index (χ2v) is 10.5. The molecule has 178 valence electrons. The molecule has 1 heterocycles. The molecule has 2 rings (SSSR count). The lowest BCUT2D eigenvalue weighted by molar-refractivity contribution is -0.143.